The molecule has 0 atom stereocenters. The van der Waals surface area contributed by atoms with E-state index in [0.29, 0.717) is 37.3 Å². The highest BCUT2D eigenvalue weighted by Crippen LogP contribution is 2.28. The molecule has 0 spiro atoms. The standard InChI is InChI=1S/C13H19N3O4S/c1-10-8-12(16(17)18)9-13(11(10)2)21(19,20)15-6-4-14(3)5-7-15/h8-9H,4-7H2,1-3H3. The minimum Gasteiger partial charge on any atom is -0.304 e. The number of piperazine rings is 1. The lowest BCUT2D eigenvalue weighted by atomic mass is 10.1. The highest BCUT2D eigenvalue weighted by molar-refractivity contribution is 7.89. The topological polar surface area (TPSA) is 83.8 Å². The van der Waals surface area contributed by atoms with Gasteiger partial charge in [0.25, 0.3) is 5.69 Å². The van der Waals surface area contributed by atoms with E-state index in [4.69, 9.17) is 0 Å². The fourth-order valence-electron chi connectivity index (χ4n) is 2.35. The van der Waals surface area contributed by atoms with E-state index in [1.807, 2.05) is 7.05 Å². The summed E-state index contributed by atoms with van der Waals surface area (Å²) in [5, 5.41) is 11.0. The first-order valence-corrected chi connectivity index (χ1v) is 8.12. The van der Waals surface area contributed by atoms with Crippen LogP contribution in [-0.2, 0) is 10.0 Å². The van der Waals surface area contributed by atoms with Gasteiger partial charge < -0.3 is 4.90 Å². The summed E-state index contributed by atoms with van der Waals surface area (Å²) in [7, 11) is -1.76. The third kappa shape index (κ3) is 3.07. The molecular formula is C13H19N3O4S. The van der Waals surface area contributed by atoms with E-state index in [1.54, 1.807) is 13.8 Å². The number of hydrogen-bond donors (Lipinski definition) is 0. The van der Waals surface area contributed by atoms with Crippen LogP contribution in [0.1, 0.15) is 11.1 Å². The lowest BCUT2D eigenvalue weighted by Crippen LogP contribution is -2.47. The van der Waals surface area contributed by atoms with Crippen molar-refractivity contribution in [1.82, 2.24) is 9.21 Å². The molecule has 1 aliphatic rings. The molecule has 0 aliphatic carbocycles. The summed E-state index contributed by atoms with van der Waals surface area (Å²) < 4.78 is 26.9. The van der Waals surface area contributed by atoms with Gasteiger partial charge in [-0.05, 0) is 32.0 Å². The van der Waals surface area contributed by atoms with Crippen molar-refractivity contribution in [3.63, 3.8) is 0 Å². The summed E-state index contributed by atoms with van der Waals surface area (Å²) in [5.74, 6) is 0. The fourth-order valence-corrected chi connectivity index (χ4v) is 4.09. The van der Waals surface area contributed by atoms with E-state index in [9.17, 15) is 18.5 Å². The maximum atomic E-state index is 12.7. The van der Waals surface area contributed by atoms with Crippen molar-refractivity contribution in [3.8, 4) is 0 Å². The van der Waals surface area contributed by atoms with Crippen molar-refractivity contribution in [2.45, 2.75) is 18.7 Å². The van der Waals surface area contributed by atoms with Crippen molar-refractivity contribution in [3.05, 3.63) is 33.4 Å². The van der Waals surface area contributed by atoms with Crippen molar-refractivity contribution in [1.29, 1.82) is 0 Å². The number of non-ortho nitro benzene ring substituents is 1. The molecular weight excluding hydrogens is 294 g/mol. The molecule has 0 aromatic heterocycles. The number of aryl methyl sites for hydroxylation is 1. The molecule has 1 heterocycles. The van der Waals surface area contributed by atoms with Gasteiger partial charge in [-0.15, -0.1) is 0 Å². The molecule has 1 aromatic rings. The molecule has 1 saturated heterocycles. The van der Waals surface area contributed by atoms with Crippen LogP contribution in [0.5, 0.6) is 0 Å². The molecule has 8 heteroatoms. The average Bonchev–Trinajstić information content (AvgIpc) is 2.41. The third-order valence-corrected chi connectivity index (χ3v) is 5.92. The minimum atomic E-state index is -3.69. The third-order valence-electron chi connectivity index (χ3n) is 3.90. The zero-order valence-electron chi connectivity index (χ0n) is 12.4. The van der Waals surface area contributed by atoms with E-state index in [0.717, 1.165) is 6.07 Å². The summed E-state index contributed by atoms with van der Waals surface area (Å²) in [6.07, 6.45) is 0. The Morgan fingerprint density at radius 1 is 1.14 bits per heavy atom. The number of likely N-dealkylation sites (N-methyl/N-ethyl adjacent to an activating group) is 1. The van der Waals surface area contributed by atoms with E-state index in [1.165, 1.54) is 10.4 Å². The minimum absolute atomic E-state index is 0.0405. The number of nitrogens with zero attached hydrogens (tertiary/aromatic N) is 3. The SMILES string of the molecule is Cc1cc([N+](=O)[O-])cc(S(=O)(=O)N2CCN(C)CC2)c1C. The van der Waals surface area contributed by atoms with Crippen LogP contribution in [0.3, 0.4) is 0 Å². The summed E-state index contributed by atoms with van der Waals surface area (Å²) in [4.78, 5) is 12.5. The molecule has 0 amide bonds. The number of hydrogen-bond acceptors (Lipinski definition) is 5. The highest BCUT2D eigenvalue weighted by atomic mass is 32.2. The monoisotopic (exact) mass is 313 g/mol. The number of nitro groups is 1. The van der Waals surface area contributed by atoms with E-state index in [-0.39, 0.29) is 10.6 Å². The van der Waals surface area contributed by atoms with Gasteiger partial charge in [0.1, 0.15) is 0 Å². The molecule has 1 fully saturated rings. The van der Waals surface area contributed by atoms with Crippen molar-refractivity contribution in [2.24, 2.45) is 0 Å². The smallest absolute Gasteiger partial charge is 0.271 e. The first kappa shape index (κ1) is 15.9. The molecule has 1 aliphatic heterocycles. The largest absolute Gasteiger partial charge is 0.304 e. The molecule has 116 valence electrons. The van der Waals surface area contributed by atoms with Gasteiger partial charge in [-0.3, -0.25) is 10.1 Å². The first-order chi connectivity index (χ1) is 9.73. The Bertz CT molecular complexity index is 664. The van der Waals surface area contributed by atoms with Gasteiger partial charge in [0.2, 0.25) is 10.0 Å². The molecule has 1 aromatic carbocycles. The molecule has 0 radical (unpaired) electrons. The number of sulfonamides is 1. The Hall–Kier alpha value is -1.51. The molecule has 0 saturated carbocycles. The molecule has 0 bridgehead atoms. The van der Waals surface area contributed by atoms with Crippen LogP contribution in [0.15, 0.2) is 17.0 Å². The predicted molar refractivity (Wildman–Crippen MR) is 78.8 cm³/mol. The van der Waals surface area contributed by atoms with E-state index < -0.39 is 14.9 Å². The molecule has 2 rings (SSSR count). The lowest BCUT2D eigenvalue weighted by Gasteiger charge is -2.32. The van der Waals surface area contributed by atoms with Crippen molar-refractivity contribution >= 4 is 15.7 Å². The van der Waals surface area contributed by atoms with Crippen LogP contribution in [0.25, 0.3) is 0 Å². The normalized spacial score (nSPS) is 17.9. The van der Waals surface area contributed by atoms with E-state index in [2.05, 4.69) is 4.90 Å². The van der Waals surface area contributed by atoms with Crippen LogP contribution in [0.4, 0.5) is 5.69 Å². The van der Waals surface area contributed by atoms with Gasteiger partial charge in [0, 0.05) is 38.3 Å². The quantitative estimate of drug-likeness (QED) is 0.617. The highest BCUT2D eigenvalue weighted by Gasteiger charge is 2.30. The number of nitro benzene ring substituents is 1. The average molecular weight is 313 g/mol. The van der Waals surface area contributed by atoms with Crippen LogP contribution in [-0.4, -0.2) is 55.8 Å². The number of benzene rings is 1. The molecule has 7 nitrogen and oxygen atoms in total. The second-order valence-electron chi connectivity index (χ2n) is 5.35. The van der Waals surface area contributed by atoms with Gasteiger partial charge in [-0.2, -0.15) is 4.31 Å². The van der Waals surface area contributed by atoms with Crippen molar-refractivity contribution in [2.75, 3.05) is 33.2 Å². The summed E-state index contributed by atoms with van der Waals surface area (Å²) in [6, 6.07) is 2.56. The Balaban J connectivity index is 2.47. The molecule has 21 heavy (non-hydrogen) atoms. The van der Waals surface area contributed by atoms with Gasteiger partial charge in [0.05, 0.1) is 9.82 Å². The predicted octanol–water partition coefficient (Wildman–Crippen LogP) is 1.15. The second kappa shape index (κ2) is 5.70. The summed E-state index contributed by atoms with van der Waals surface area (Å²) >= 11 is 0. The maximum absolute atomic E-state index is 12.7. The lowest BCUT2D eigenvalue weighted by molar-refractivity contribution is -0.385. The van der Waals surface area contributed by atoms with Crippen molar-refractivity contribution < 1.29 is 13.3 Å². The van der Waals surface area contributed by atoms with Crippen LogP contribution < -0.4 is 0 Å². The first-order valence-electron chi connectivity index (χ1n) is 6.68. The second-order valence-corrected chi connectivity index (χ2v) is 7.26. The van der Waals surface area contributed by atoms with E-state index >= 15 is 0 Å². The zero-order valence-corrected chi connectivity index (χ0v) is 13.2. The number of rotatable bonds is 3. The fraction of sp³-hybridized carbons (Fsp3) is 0.538. The maximum Gasteiger partial charge on any atom is 0.271 e. The van der Waals surface area contributed by atoms with Crippen LogP contribution in [0.2, 0.25) is 0 Å². The van der Waals surface area contributed by atoms with Gasteiger partial charge in [-0.25, -0.2) is 8.42 Å². The zero-order chi connectivity index (χ0) is 15.8. The molecule has 0 N–H and O–H groups in total. The van der Waals surface area contributed by atoms with Crippen LogP contribution >= 0.6 is 0 Å². The van der Waals surface area contributed by atoms with Gasteiger partial charge in [0.15, 0.2) is 0 Å². The molecule has 0 unspecified atom stereocenters. The Morgan fingerprint density at radius 2 is 1.71 bits per heavy atom. The van der Waals surface area contributed by atoms with Gasteiger partial charge in [-0.1, -0.05) is 0 Å². The van der Waals surface area contributed by atoms with Crippen LogP contribution in [0, 0.1) is 24.0 Å². The Morgan fingerprint density at radius 3 is 2.24 bits per heavy atom. The summed E-state index contributed by atoms with van der Waals surface area (Å²) in [6.45, 7) is 5.49. The Kier molecular flexibility index (Phi) is 4.31. The van der Waals surface area contributed by atoms with Gasteiger partial charge >= 0.3 is 0 Å². The Labute approximate surface area is 124 Å². The summed E-state index contributed by atoms with van der Waals surface area (Å²) in [5.41, 5.74) is 0.988.